The Morgan fingerprint density at radius 3 is 2.87 bits per heavy atom. The van der Waals surface area contributed by atoms with Crippen LogP contribution in [0.4, 0.5) is 0 Å². The van der Waals surface area contributed by atoms with E-state index in [1.165, 1.54) is 42.7 Å². The van der Waals surface area contributed by atoms with E-state index in [4.69, 9.17) is 0 Å². The number of carbonyl (C=O) groups is 1. The van der Waals surface area contributed by atoms with Gasteiger partial charge in [0.05, 0.1) is 6.54 Å². The Kier molecular flexibility index (Phi) is 4.43. The van der Waals surface area contributed by atoms with Gasteiger partial charge < -0.3 is 9.80 Å². The lowest BCUT2D eigenvalue weighted by Gasteiger charge is -2.35. The van der Waals surface area contributed by atoms with Crippen LogP contribution in [0.3, 0.4) is 0 Å². The molecule has 0 aromatic carbocycles. The van der Waals surface area contributed by atoms with Crippen molar-refractivity contribution in [2.24, 2.45) is 0 Å². The number of thiophene rings is 1. The monoisotopic (exact) mass is 333 g/mol. The summed E-state index contributed by atoms with van der Waals surface area (Å²) in [7, 11) is 2.22. The molecule has 3 aliphatic heterocycles. The highest BCUT2D eigenvalue weighted by Crippen LogP contribution is 2.30. The van der Waals surface area contributed by atoms with Crippen molar-refractivity contribution in [2.45, 2.75) is 50.7 Å². The highest BCUT2D eigenvalue weighted by molar-refractivity contribution is 7.10. The SMILES string of the molecule is CN1CCC[C@H]1[C@@H]1CCCN1C(=O)CN1CCc2sccc2C1. The Labute approximate surface area is 143 Å². The quantitative estimate of drug-likeness (QED) is 0.848. The fourth-order valence-corrected chi connectivity index (χ4v) is 5.54. The largest absolute Gasteiger partial charge is 0.337 e. The molecule has 4 nitrogen and oxygen atoms in total. The second-order valence-electron chi connectivity index (χ2n) is 7.32. The van der Waals surface area contributed by atoms with Gasteiger partial charge in [-0.2, -0.15) is 0 Å². The first-order valence-electron chi connectivity index (χ1n) is 8.99. The van der Waals surface area contributed by atoms with E-state index in [0.717, 1.165) is 26.1 Å². The summed E-state index contributed by atoms with van der Waals surface area (Å²) in [6.07, 6.45) is 6.01. The zero-order valence-electron chi connectivity index (χ0n) is 14.0. The lowest BCUT2D eigenvalue weighted by molar-refractivity contribution is -0.134. The Morgan fingerprint density at radius 2 is 2.04 bits per heavy atom. The zero-order valence-corrected chi connectivity index (χ0v) is 14.9. The first-order valence-corrected chi connectivity index (χ1v) is 9.87. The van der Waals surface area contributed by atoms with Crippen LogP contribution in [0.25, 0.3) is 0 Å². The van der Waals surface area contributed by atoms with Crippen LogP contribution in [0.5, 0.6) is 0 Å². The molecule has 0 N–H and O–H groups in total. The topological polar surface area (TPSA) is 26.8 Å². The summed E-state index contributed by atoms with van der Waals surface area (Å²) in [5, 5.41) is 2.18. The van der Waals surface area contributed by atoms with E-state index < -0.39 is 0 Å². The maximum atomic E-state index is 12.9. The van der Waals surface area contributed by atoms with E-state index in [9.17, 15) is 4.79 Å². The summed E-state index contributed by atoms with van der Waals surface area (Å²) in [6, 6.07) is 3.27. The van der Waals surface area contributed by atoms with Crippen molar-refractivity contribution in [1.29, 1.82) is 0 Å². The number of likely N-dealkylation sites (N-methyl/N-ethyl adjacent to an activating group) is 1. The molecule has 0 aliphatic carbocycles. The Hall–Kier alpha value is -0.910. The molecule has 0 unspecified atom stereocenters. The van der Waals surface area contributed by atoms with Crippen LogP contribution >= 0.6 is 11.3 Å². The minimum atomic E-state index is 0.353. The number of hydrogen-bond donors (Lipinski definition) is 0. The highest BCUT2D eigenvalue weighted by Gasteiger charge is 2.38. The molecule has 0 radical (unpaired) electrons. The van der Waals surface area contributed by atoms with Crippen LogP contribution in [-0.4, -0.2) is 65.9 Å². The second-order valence-corrected chi connectivity index (χ2v) is 8.32. The number of carbonyl (C=O) groups excluding carboxylic acids is 1. The van der Waals surface area contributed by atoms with Crippen molar-refractivity contribution in [1.82, 2.24) is 14.7 Å². The van der Waals surface area contributed by atoms with Crippen LogP contribution in [0.2, 0.25) is 0 Å². The molecule has 0 saturated carbocycles. The minimum Gasteiger partial charge on any atom is -0.337 e. The predicted octanol–water partition coefficient (Wildman–Crippen LogP) is 2.19. The van der Waals surface area contributed by atoms with Gasteiger partial charge in [0, 0.05) is 36.6 Å². The summed E-state index contributed by atoms with van der Waals surface area (Å²) in [4.78, 5) is 21.4. The van der Waals surface area contributed by atoms with Gasteiger partial charge in [-0.3, -0.25) is 9.69 Å². The summed E-state index contributed by atoms with van der Waals surface area (Å²) in [5.41, 5.74) is 1.43. The molecule has 3 aliphatic rings. The van der Waals surface area contributed by atoms with Gasteiger partial charge in [0.2, 0.25) is 5.91 Å². The summed E-state index contributed by atoms with van der Waals surface area (Å²) >= 11 is 1.86. The summed E-state index contributed by atoms with van der Waals surface area (Å²) < 4.78 is 0. The molecule has 5 heteroatoms. The lowest BCUT2D eigenvalue weighted by atomic mass is 10.0. The third-order valence-corrected chi connectivity index (χ3v) is 6.91. The number of rotatable bonds is 3. The normalized spacial score (nSPS) is 29.2. The van der Waals surface area contributed by atoms with Crippen LogP contribution in [-0.2, 0) is 17.8 Å². The van der Waals surface area contributed by atoms with Crippen molar-refractivity contribution in [2.75, 3.05) is 33.2 Å². The van der Waals surface area contributed by atoms with Gasteiger partial charge in [0.15, 0.2) is 0 Å². The van der Waals surface area contributed by atoms with Crippen molar-refractivity contribution >= 4 is 17.2 Å². The van der Waals surface area contributed by atoms with Gasteiger partial charge in [-0.25, -0.2) is 0 Å². The molecule has 0 spiro atoms. The maximum absolute atomic E-state index is 12.9. The average molecular weight is 334 g/mol. The fraction of sp³-hybridized carbons (Fsp3) is 0.722. The van der Waals surface area contributed by atoms with E-state index >= 15 is 0 Å². The fourth-order valence-electron chi connectivity index (χ4n) is 4.65. The molecule has 2 saturated heterocycles. The number of nitrogens with zero attached hydrogens (tertiary/aromatic N) is 3. The van der Waals surface area contributed by atoms with E-state index in [1.807, 2.05) is 11.3 Å². The number of fused-ring (bicyclic) bond motifs is 1. The Balaban J connectivity index is 1.39. The lowest BCUT2D eigenvalue weighted by Crippen LogP contribution is -2.50. The smallest absolute Gasteiger partial charge is 0.237 e. The molecule has 4 rings (SSSR count). The van der Waals surface area contributed by atoms with Crippen LogP contribution in [0, 0.1) is 0 Å². The van der Waals surface area contributed by atoms with Gasteiger partial charge in [0.1, 0.15) is 0 Å². The van der Waals surface area contributed by atoms with Gasteiger partial charge in [0.25, 0.3) is 0 Å². The molecule has 126 valence electrons. The molecule has 4 heterocycles. The van der Waals surface area contributed by atoms with Gasteiger partial charge >= 0.3 is 0 Å². The first kappa shape index (κ1) is 15.6. The van der Waals surface area contributed by atoms with E-state index in [2.05, 4.69) is 33.2 Å². The summed E-state index contributed by atoms with van der Waals surface area (Å²) in [5.74, 6) is 0.353. The number of amides is 1. The molecule has 0 bridgehead atoms. The molecule has 1 amide bonds. The van der Waals surface area contributed by atoms with E-state index in [0.29, 0.717) is 24.5 Å². The third-order valence-electron chi connectivity index (χ3n) is 5.89. The molecule has 2 fully saturated rings. The van der Waals surface area contributed by atoms with E-state index in [-0.39, 0.29) is 0 Å². The molecular formula is C18H27N3OS. The molecule has 23 heavy (non-hydrogen) atoms. The molecule has 2 atom stereocenters. The third kappa shape index (κ3) is 3.06. The predicted molar refractivity (Wildman–Crippen MR) is 93.7 cm³/mol. The average Bonchev–Trinajstić information content (AvgIpc) is 3.25. The summed E-state index contributed by atoms with van der Waals surface area (Å²) in [6.45, 7) is 4.73. The number of likely N-dealkylation sites (tertiary alicyclic amines) is 2. The van der Waals surface area contributed by atoms with Gasteiger partial charge in [-0.15, -0.1) is 11.3 Å². The number of hydrogen-bond acceptors (Lipinski definition) is 4. The van der Waals surface area contributed by atoms with Crippen molar-refractivity contribution in [3.8, 4) is 0 Å². The molecular weight excluding hydrogens is 306 g/mol. The van der Waals surface area contributed by atoms with Crippen molar-refractivity contribution in [3.63, 3.8) is 0 Å². The highest BCUT2D eigenvalue weighted by atomic mass is 32.1. The standard InChI is InChI=1S/C18H27N3OS/c1-19-8-2-4-15(19)16-5-3-9-21(16)18(22)13-20-10-6-17-14(12-20)7-11-23-17/h7,11,15-16H,2-6,8-10,12-13H2,1H3/t15-,16-/m0/s1. The maximum Gasteiger partial charge on any atom is 0.237 e. The van der Waals surface area contributed by atoms with Crippen LogP contribution in [0.15, 0.2) is 11.4 Å². The Bertz CT molecular complexity index is 572. The Morgan fingerprint density at radius 1 is 1.22 bits per heavy atom. The molecule has 1 aromatic heterocycles. The van der Waals surface area contributed by atoms with E-state index in [1.54, 1.807) is 0 Å². The van der Waals surface area contributed by atoms with Gasteiger partial charge in [-0.1, -0.05) is 0 Å². The zero-order chi connectivity index (χ0) is 15.8. The van der Waals surface area contributed by atoms with Crippen LogP contribution in [0.1, 0.15) is 36.1 Å². The first-order chi connectivity index (χ1) is 11.2. The second kappa shape index (κ2) is 6.54. The van der Waals surface area contributed by atoms with Crippen molar-refractivity contribution in [3.05, 3.63) is 21.9 Å². The van der Waals surface area contributed by atoms with Crippen LogP contribution < -0.4 is 0 Å². The molecule has 1 aromatic rings. The van der Waals surface area contributed by atoms with Crippen molar-refractivity contribution < 1.29 is 4.79 Å². The van der Waals surface area contributed by atoms with Gasteiger partial charge in [-0.05, 0) is 62.7 Å². The minimum absolute atomic E-state index is 0.353.